The van der Waals surface area contributed by atoms with E-state index < -0.39 is 0 Å². The molecular weight excluding hydrogens is 274 g/mol. The van der Waals surface area contributed by atoms with E-state index in [0.717, 1.165) is 13.0 Å². The molecule has 2 heterocycles. The average Bonchev–Trinajstić information content (AvgIpc) is 3.00. The lowest BCUT2D eigenvalue weighted by Crippen LogP contribution is -2.55. The van der Waals surface area contributed by atoms with Crippen LogP contribution in [0.1, 0.15) is 24.9 Å². The number of thiophene rings is 1. The molecule has 0 radical (unpaired) electrons. The highest BCUT2D eigenvalue weighted by molar-refractivity contribution is 7.07. The lowest BCUT2D eigenvalue weighted by molar-refractivity contribution is -0.134. The van der Waals surface area contributed by atoms with Crippen molar-refractivity contribution in [2.24, 2.45) is 5.73 Å². The molecular formula is C14H23N3O2S. The summed E-state index contributed by atoms with van der Waals surface area (Å²) in [6, 6.07) is 1.92. The minimum Gasteiger partial charge on any atom is -0.378 e. The third-order valence-electron chi connectivity index (χ3n) is 3.57. The van der Waals surface area contributed by atoms with Gasteiger partial charge in [-0.15, -0.1) is 0 Å². The highest BCUT2D eigenvalue weighted by Gasteiger charge is 2.34. The highest BCUT2D eigenvalue weighted by atomic mass is 32.1. The molecule has 1 saturated heterocycles. The Balaban J connectivity index is 2.11. The fourth-order valence-electron chi connectivity index (χ4n) is 2.51. The zero-order chi connectivity index (χ0) is 14.4. The molecule has 3 N–H and O–H groups in total. The molecule has 0 saturated carbocycles. The summed E-state index contributed by atoms with van der Waals surface area (Å²) in [6.07, 6.45) is 0.935. The quantitative estimate of drug-likeness (QED) is 0.821. The van der Waals surface area contributed by atoms with Crippen molar-refractivity contribution in [3.63, 3.8) is 0 Å². The van der Waals surface area contributed by atoms with E-state index in [9.17, 15) is 4.79 Å². The number of morpholine rings is 1. The van der Waals surface area contributed by atoms with Crippen LogP contribution in [0.3, 0.4) is 0 Å². The third kappa shape index (κ3) is 3.58. The average molecular weight is 297 g/mol. The smallest absolute Gasteiger partial charge is 0.239 e. The normalized spacial score (nSPS) is 21.6. The van der Waals surface area contributed by atoms with Gasteiger partial charge in [-0.3, -0.25) is 9.69 Å². The second kappa shape index (κ2) is 7.73. The van der Waals surface area contributed by atoms with E-state index in [1.54, 1.807) is 11.3 Å². The highest BCUT2D eigenvalue weighted by Crippen LogP contribution is 2.25. The van der Waals surface area contributed by atoms with Crippen molar-refractivity contribution in [3.8, 4) is 0 Å². The Morgan fingerprint density at radius 2 is 2.55 bits per heavy atom. The topological polar surface area (TPSA) is 67.6 Å². The molecule has 1 aliphatic heterocycles. The number of nitrogens with zero attached hydrogens (tertiary/aromatic N) is 1. The van der Waals surface area contributed by atoms with Crippen LogP contribution in [0.4, 0.5) is 0 Å². The van der Waals surface area contributed by atoms with Crippen LogP contribution in [-0.2, 0) is 9.53 Å². The number of ether oxygens (including phenoxy) is 1. The summed E-state index contributed by atoms with van der Waals surface area (Å²) >= 11 is 1.66. The predicted molar refractivity (Wildman–Crippen MR) is 80.7 cm³/mol. The molecule has 0 bridgehead atoms. The lowest BCUT2D eigenvalue weighted by atomic mass is 10.1. The third-order valence-corrected chi connectivity index (χ3v) is 4.27. The van der Waals surface area contributed by atoms with Crippen LogP contribution >= 0.6 is 11.3 Å². The summed E-state index contributed by atoms with van der Waals surface area (Å²) in [5, 5.41) is 7.11. The van der Waals surface area contributed by atoms with Crippen molar-refractivity contribution in [1.82, 2.24) is 10.2 Å². The van der Waals surface area contributed by atoms with Crippen molar-refractivity contribution in [2.45, 2.75) is 25.4 Å². The SMILES string of the molecule is CCCNC(=O)C1COCCN1C(CN)c1ccsc1. The minimum absolute atomic E-state index is 0.0419. The molecule has 0 aromatic carbocycles. The van der Waals surface area contributed by atoms with Gasteiger partial charge < -0.3 is 15.8 Å². The van der Waals surface area contributed by atoms with E-state index in [0.29, 0.717) is 26.3 Å². The fourth-order valence-corrected chi connectivity index (χ4v) is 3.22. The summed E-state index contributed by atoms with van der Waals surface area (Å²) in [6.45, 7) is 5.09. The monoisotopic (exact) mass is 297 g/mol. The Labute approximate surface area is 124 Å². The van der Waals surface area contributed by atoms with Crippen LogP contribution in [0.25, 0.3) is 0 Å². The standard InChI is InChI=1S/C14H23N3O2S/c1-2-4-16-14(18)13-9-19-6-5-17(13)12(8-15)11-3-7-20-10-11/h3,7,10,12-13H,2,4-6,8-9,15H2,1H3,(H,16,18). The number of amides is 1. The van der Waals surface area contributed by atoms with Crippen LogP contribution in [-0.4, -0.2) is 49.7 Å². The second-order valence-electron chi connectivity index (χ2n) is 4.93. The summed E-state index contributed by atoms with van der Waals surface area (Å²) in [5.41, 5.74) is 7.14. The van der Waals surface area contributed by atoms with Crippen LogP contribution < -0.4 is 11.1 Å². The van der Waals surface area contributed by atoms with Crippen molar-refractivity contribution < 1.29 is 9.53 Å². The number of rotatable bonds is 6. The van der Waals surface area contributed by atoms with Gasteiger partial charge in [0, 0.05) is 25.7 Å². The molecule has 2 atom stereocenters. The van der Waals surface area contributed by atoms with Gasteiger partial charge in [0.1, 0.15) is 6.04 Å². The first-order valence-electron chi connectivity index (χ1n) is 7.11. The van der Waals surface area contributed by atoms with Gasteiger partial charge in [-0.1, -0.05) is 6.92 Å². The minimum atomic E-state index is -0.247. The number of hydrogen-bond donors (Lipinski definition) is 2. The van der Waals surface area contributed by atoms with Crippen LogP contribution in [0.2, 0.25) is 0 Å². The Morgan fingerprint density at radius 1 is 1.70 bits per heavy atom. The summed E-state index contributed by atoms with van der Waals surface area (Å²) in [7, 11) is 0. The number of hydrogen-bond acceptors (Lipinski definition) is 5. The van der Waals surface area contributed by atoms with Gasteiger partial charge in [-0.2, -0.15) is 11.3 Å². The summed E-state index contributed by atoms with van der Waals surface area (Å²) < 4.78 is 5.48. The fraction of sp³-hybridized carbons (Fsp3) is 0.643. The molecule has 0 spiro atoms. The van der Waals surface area contributed by atoms with Gasteiger partial charge in [-0.25, -0.2) is 0 Å². The van der Waals surface area contributed by atoms with E-state index in [-0.39, 0.29) is 18.0 Å². The van der Waals surface area contributed by atoms with Gasteiger partial charge in [0.25, 0.3) is 0 Å². The Kier molecular flexibility index (Phi) is 5.97. The van der Waals surface area contributed by atoms with Crippen molar-refractivity contribution in [1.29, 1.82) is 0 Å². The maximum Gasteiger partial charge on any atom is 0.239 e. The molecule has 1 aromatic rings. The van der Waals surface area contributed by atoms with Crippen molar-refractivity contribution >= 4 is 17.2 Å². The Hall–Kier alpha value is -0.950. The van der Waals surface area contributed by atoms with Gasteiger partial charge in [0.2, 0.25) is 5.91 Å². The molecule has 6 heteroatoms. The first-order chi connectivity index (χ1) is 9.77. The lowest BCUT2D eigenvalue weighted by Gasteiger charge is -2.39. The van der Waals surface area contributed by atoms with Crippen LogP contribution in [0, 0.1) is 0 Å². The van der Waals surface area contributed by atoms with Crippen LogP contribution in [0.15, 0.2) is 16.8 Å². The Bertz CT molecular complexity index is 411. The maximum atomic E-state index is 12.3. The molecule has 1 fully saturated rings. The van der Waals surface area contributed by atoms with Gasteiger partial charge >= 0.3 is 0 Å². The molecule has 1 amide bonds. The molecule has 1 aliphatic rings. The van der Waals surface area contributed by atoms with Gasteiger partial charge in [0.05, 0.1) is 13.2 Å². The number of nitrogens with one attached hydrogen (secondary N) is 1. The molecule has 1 aromatic heterocycles. The summed E-state index contributed by atoms with van der Waals surface area (Å²) in [5.74, 6) is 0.0419. The van der Waals surface area contributed by atoms with E-state index in [4.69, 9.17) is 10.5 Å². The predicted octanol–water partition coefficient (Wildman–Crippen LogP) is 0.975. The molecule has 2 rings (SSSR count). The van der Waals surface area contributed by atoms with Gasteiger partial charge in [-0.05, 0) is 28.8 Å². The number of carbonyl (C=O) groups excluding carboxylic acids is 1. The van der Waals surface area contributed by atoms with Crippen molar-refractivity contribution in [3.05, 3.63) is 22.4 Å². The zero-order valence-corrected chi connectivity index (χ0v) is 12.7. The number of carbonyl (C=O) groups is 1. The zero-order valence-electron chi connectivity index (χ0n) is 11.9. The van der Waals surface area contributed by atoms with E-state index >= 15 is 0 Å². The first kappa shape index (κ1) is 15.4. The number of nitrogens with two attached hydrogens (primary N) is 1. The largest absolute Gasteiger partial charge is 0.378 e. The molecule has 5 nitrogen and oxygen atoms in total. The Morgan fingerprint density at radius 3 is 3.20 bits per heavy atom. The van der Waals surface area contributed by atoms with E-state index in [2.05, 4.69) is 21.7 Å². The second-order valence-corrected chi connectivity index (χ2v) is 5.71. The first-order valence-corrected chi connectivity index (χ1v) is 8.05. The molecule has 2 unspecified atom stereocenters. The van der Waals surface area contributed by atoms with E-state index in [1.165, 1.54) is 5.56 Å². The molecule has 0 aliphatic carbocycles. The molecule has 112 valence electrons. The van der Waals surface area contributed by atoms with Crippen LogP contribution in [0.5, 0.6) is 0 Å². The van der Waals surface area contributed by atoms with Crippen molar-refractivity contribution in [2.75, 3.05) is 32.8 Å². The van der Waals surface area contributed by atoms with Gasteiger partial charge in [0.15, 0.2) is 0 Å². The van der Waals surface area contributed by atoms with E-state index in [1.807, 2.05) is 12.3 Å². The maximum absolute atomic E-state index is 12.3. The summed E-state index contributed by atoms with van der Waals surface area (Å²) in [4.78, 5) is 14.5. The molecule has 20 heavy (non-hydrogen) atoms.